The van der Waals surface area contributed by atoms with Crippen molar-refractivity contribution in [2.75, 3.05) is 6.61 Å². The summed E-state index contributed by atoms with van der Waals surface area (Å²) in [5.41, 5.74) is 2.23. The van der Waals surface area contributed by atoms with Crippen LogP contribution < -0.4 is 0 Å². The number of benzene rings is 1. The van der Waals surface area contributed by atoms with E-state index in [1.165, 1.54) is 0 Å². The normalized spacial score (nSPS) is 10.4. The molecule has 4 nitrogen and oxygen atoms in total. The molecule has 0 radical (unpaired) electrons. The highest BCUT2D eigenvalue weighted by Gasteiger charge is 2.09. The van der Waals surface area contributed by atoms with Gasteiger partial charge in [-0.15, -0.1) is 0 Å². The Balaban J connectivity index is 2.31. The number of aromatic nitrogens is 1. The lowest BCUT2D eigenvalue weighted by Crippen LogP contribution is -2.07. The summed E-state index contributed by atoms with van der Waals surface area (Å²) in [7, 11) is 0. The maximum Gasteiger partial charge on any atom is 0.311 e. The zero-order valence-corrected chi connectivity index (χ0v) is 9.53. The molecule has 0 saturated heterocycles. The number of hydrogen-bond acceptors (Lipinski definition) is 3. The van der Waals surface area contributed by atoms with Crippen LogP contribution in [0, 0.1) is 0 Å². The lowest BCUT2D eigenvalue weighted by Gasteiger charge is -1.98. The zero-order chi connectivity index (χ0) is 12.3. The molecular formula is C13H13NO3. The SMILES string of the molecule is CCOC(=O)Cc1cc2c(C=O)cccc2[nH]1. The van der Waals surface area contributed by atoms with Crippen LogP contribution >= 0.6 is 0 Å². The van der Waals surface area contributed by atoms with Gasteiger partial charge in [-0.1, -0.05) is 12.1 Å². The van der Waals surface area contributed by atoms with E-state index in [1.54, 1.807) is 19.1 Å². The molecule has 0 bridgehead atoms. The standard InChI is InChI=1S/C13H13NO3/c1-2-17-13(16)7-10-6-11-9(8-15)4-3-5-12(11)14-10/h3-6,8,14H,2,7H2,1H3. The third-order valence-electron chi connectivity index (χ3n) is 2.52. The van der Waals surface area contributed by atoms with Gasteiger partial charge in [0.25, 0.3) is 0 Å². The molecule has 0 amide bonds. The summed E-state index contributed by atoms with van der Waals surface area (Å²) in [4.78, 5) is 25.3. The molecular weight excluding hydrogens is 218 g/mol. The smallest absolute Gasteiger partial charge is 0.311 e. The van der Waals surface area contributed by atoms with Crippen molar-refractivity contribution >= 4 is 23.2 Å². The molecule has 17 heavy (non-hydrogen) atoms. The number of carbonyl (C=O) groups is 2. The Morgan fingerprint density at radius 2 is 2.29 bits per heavy atom. The summed E-state index contributed by atoms with van der Waals surface area (Å²) in [5, 5.41) is 0.835. The zero-order valence-electron chi connectivity index (χ0n) is 9.53. The van der Waals surface area contributed by atoms with E-state index in [-0.39, 0.29) is 12.4 Å². The lowest BCUT2D eigenvalue weighted by atomic mass is 10.1. The molecule has 0 saturated carbocycles. The molecule has 0 fully saturated rings. The molecule has 0 aliphatic heterocycles. The van der Waals surface area contributed by atoms with Gasteiger partial charge in [0.15, 0.2) is 6.29 Å². The van der Waals surface area contributed by atoms with Gasteiger partial charge in [0.05, 0.1) is 13.0 Å². The average Bonchev–Trinajstić information content (AvgIpc) is 2.70. The second kappa shape index (κ2) is 4.82. The van der Waals surface area contributed by atoms with Gasteiger partial charge < -0.3 is 9.72 Å². The largest absolute Gasteiger partial charge is 0.466 e. The van der Waals surface area contributed by atoms with E-state index in [1.807, 2.05) is 12.1 Å². The molecule has 1 heterocycles. The van der Waals surface area contributed by atoms with E-state index in [9.17, 15) is 9.59 Å². The van der Waals surface area contributed by atoms with E-state index in [0.717, 1.165) is 22.9 Å². The number of nitrogens with one attached hydrogen (secondary N) is 1. The number of fused-ring (bicyclic) bond motifs is 1. The number of esters is 1. The summed E-state index contributed by atoms with van der Waals surface area (Å²) < 4.78 is 4.87. The summed E-state index contributed by atoms with van der Waals surface area (Å²) in [6, 6.07) is 7.24. The maximum atomic E-state index is 11.3. The third kappa shape index (κ3) is 2.36. The van der Waals surface area contributed by atoms with Crippen molar-refractivity contribution in [2.24, 2.45) is 0 Å². The fraction of sp³-hybridized carbons (Fsp3) is 0.231. The highest BCUT2D eigenvalue weighted by atomic mass is 16.5. The molecule has 0 aliphatic carbocycles. The molecule has 1 aromatic carbocycles. The van der Waals surface area contributed by atoms with Crippen molar-refractivity contribution < 1.29 is 14.3 Å². The highest BCUT2D eigenvalue weighted by Crippen LogP contribution is 2.19. The number of carbonyl (C=O) groups excluding carboxylic acids is 2. The van der Waals surface area contributed by atoms with Crippen molar-refractivity contribution in [1.82, 2.24) is 4.98 Å². The van der Waals surface area contributed by atoms with E-state index in [4.69, 9.17) is 4.74 Å². The Kier molecular flexibility index (Phi) is 3.23. The van der Waals surface area contributed by atoms with Crippen molar-refractivity contribution in [3.63, 3.8) is 0 Å². The summed E-state index contributed by atoms with van der Waals surface area (Å²) in [6.07, 6.45) is 1.01. The quantitative estimate of drug-likeness (QED) is 0.647. The first kappa shape index (κ1) is 11.4. The molecule has 1 aromatic heterocycles. The Morgan fingerprint density at radius 1 is 1.47 bits per heavy atom. The van der Waals surface area contributed by atoms with E-state index in [2.05, 4.69) is 4.98 Å². The maximum absolute atomic E-state index is 11.3. The lowest BCUT2D eigenvalue weighted by molar-refractivity contribution is -0.142. The highest BCUT2D eigenvalue weighted by molar-refractivity contribution is 5.97. The average molecular weight is 231 g/mol. The number of aldehydes is 1. The van der Waals surface area contributed by atoms with Gasteiger partial charge in [-0.2, -0.15) is 0 Å². The van der Waals surface area contributed by atoms with Gasteiger partial charge in [0.1, 0.15) is 0 Å². The summed E-state index contributed by atoms with van der Waals surface area (Å²) in [5.74, 6) is -0.272. The minimum atomic E-state index is -0.272. The fourth-order valence-electron chi connectivity index (χ4n) is 1.80. The molecule has 0 unspecified atom stereocenters. The molecule has 0 spiro atoms. The van der Waals surface area contributed by atoms with Crippen molar-refractivity contribution in [3.05, 3.63) is 35.5 Å². The molecule has 0 atom stereocenters. The number of H-pyrrole nitrogens is 1. The fourth-order valence-corrected chi connectivity index (χ4v) is 1.80. The predicted molar refractivity (Wildman–Crippen MR) is 64.0 cm³/mol. The van der Waals surface area contributed by atoms with Gasteiger partial charge in [-0.3, -0.25) is 9.59 Å². The van der Waals surface area contributed by atoms with Crippen LogP contribution in [0.3, 0.4) is 0 Å². The van der Waals surface area contributed by atoms with Gasteiger partial charge in [-0.25, -0.2) is 0 Å². The Hall–Kier alpha value is -2.10. The minimum absolute atomic E-state index is 0.195. The van der Waals surface area contributed by atoms with Crippen LogP contribution in [0.1, 0.15) is 23.0 Å². The van der Waals surface area contributed by atoms with Crippen molar-refractivity contribution in [3.8, 4) is 0 Å². The number of aromatic amines is 1. The first-order valence-corrected chi connectivity index (χ1v) is 5.46. The van der Waals surface area contributed by atoms with Crippen LogP contribution in [0.15, 0.2) is 24.3 Å². The van der Waals surface area contributed by atoms with Crippen LogP contribution in [0.25, 0.3) is 10.9 Å². The van der Waals surface area contributed by atoms with Gasteiger partial charge in [0, 0.05) is 22.2 Å². The van der Waals surface area contributed by atoms with Gasteiger partial charge in [-0.05, 0) is 19.1 Å². The van der Waals surface area contributed by atoms with E-state index >= 15 is 0 Å². The molecule has 88 valence electrons. The topological polar surface area (TPSA) is 59.2 Å². The van der Waals surface area contributed by atoms with Gasteiger partial charge >= 0.3 is 5.97 Å². The monoisotopic (exact) mass is 231 g/mol. The third-order valence-corrected chi connectivity index (χ3v) is 2.52. The first-order valence-electron chi connectivity index (χ1n) is 5.46. The minimum Gasteiger partial charge on any atom is -0.466 e. The van der Waals surface area contributed by atoms with E-state index < -0.39 is 0 Å². The second-order valence-corrected chi connectivity index (χ2v) is 3.70. The van der Waals surface area contributed by atoms with Gasteiger partial charge in [0.2, 0.25) is 0 Å². The predicted octanol–water partition coefficient (Wildman–Crippen LogP) is 2.09. The molecule has 2 aromatic rings. The molecule has 0 aliphatic rings. The Labute approximate surface area is 98.6 Å². The van der Waals surface area contributed by atoms with Crippen LogP contribution in [0.2, 0.25) is 0 Å². The first-order chi connectivity index (χ1) is 8.24. The van der Waals surface area contributed by atoms with Crippen LogP contribution in [0.5, 0.6) is 0 Å². The van der Waals surface area contributed by atoms with Crippen LogP contribution in [-0.2, 0) is 16.0 Å². The van der Waals surface area contributed by atoms with E-state index in [0.29, 0.717) is 12.2 Å². The second-order valence-electron chi connectivity index (χ2n) is 3.70. The van der Waals surface area contributed by atoms with Crippen LogP contribution in [-0.4, -0.2) is 23.8 Å². The van der Waals surface area contributed by atoms with Crippen molar-refractivity contribution in [1.29, 1.82) is 0 Å². The van der Waals surface area contributed by atoms with Crippen LogP contribution in [0.4, 0.5) is 0 Å². The molecule has 1 N–H and O–H groups in total. The number of ether oxygens (including phenoxy) is 1. The Morgan fingerprint density at radius 3 is 3.00 bits per heavy atom. The Bertz CT molecular complexity index is 557. The molecule has 2 rings (SSSR count). The molecule has 4 heteroatoms. The number of rotatable bonds is 4. The number of hydrogen-bond donors (Lipinski definition) is 1. The van der Waals surface area contributed by atoms with Crippen molar-refractivity contribution in [2.45, 2.75) is 13.3 Å². The summed E-state index contributed by atoms with van der Waals surface area (Å²) in [6.45, 7) is 2.15. The summed E-state index contributed by atoms with van der Waals surface area (Å²) >= 11 is 0.